The van der Waals surface area contributed by atoms with E-state index in [1.165, 1.54) is 24.1 Å². The number of esters is 1. The zero-order valence-electron chi connectivity index (χ0n) is 12.9. The SMILES string of the molecule is CC(=O)Oc1ccc(Cl)cc1C(=O)N(NC(C)C)C(C)C. The fraction of sp³-hybridized carbons (Fsp3) is 0.467. The lowest BCUT2D eigenvalue weighted by Crippen LogP contribution is -2.50. The number of hydrazine groups is 1. The average Bonchev–Trinajstić information content (AvgIpc) is 2.36. The summed E-state index contributed by atoms with van der Waals surface area (Å²) < 4.78 is 5.08. The predicted octanol–water partition coefficient (Wildman–Crippen LogP) is 3.03. The standard InChI is InChI=1S/C15H21ClN2O3/c1-9(2)17-18(10(3)4)15(20)13-8-12(16)6-7-14(13)21-11(5)19/h6-10,17H,1-5H3. The molecule has 0 radical (unpaired) electrons. The lowest BCUT2D eigenvalue weighted by Gasteiger charge is -2.30. The summed E-state index contributed by atoms with van der Waals surface area (Å²) in [4.78, 5) is 23.8. The van der Waals surface area contributed by atoms with Crippen molar-refractivity contribution in [1.82, 2.24) is 10.4 Å². The van der Waals surface area contributed by atoms with Crippen molar-refractivity contribution in [2.45, 2.75) is 46.7 Å². The number of benzene rings is 1. The van der Waals surface area contributed by atoms with Gasteiger partial charge in [-0.15, -0.1) is 0 Å². The van der Waals surface area contributed by atoms with Crippen LogP contribution in [0.5, 0.6) is 5.75 Å². The number of hydrogen-bond donors (Lipinski definition) is 1. The highest BCUT2D eigenvalue weighted by Crippen LogP contribution is 2.25. The van der Waals surface area contributed by atoms with Crippen LogP contribution in [-0.2, 0) is 4.79 Å². The molecule has 0 spiro atoms. The molecule has 0 bridgehead atoms. The summed E-state index contributed by atoms with van der Waals surface area (Å²) in [5, 5.41) is 1.91. The third-order valence-corrected chi connectivity index (χ3v) is 2.79. The Morgan fingerprint density at radius 1 is 1.24 bits per heavy atom. The minimum Gasteiger partial charge on any atom is -0.426 e. The first-order valence-electron chi connectivity index (χ1n) is 6.80. The minimum atomic E-state index is -0.487. The summed E-state index contributed by atoms with van der Waals surface area (Å²) in [7, 11) is 0. The molecule has 6 heteroatoms. The van der Waals surface area contributed by atoms with Gasteiger partial charge in [0.1, 0.15) is 5.75 Å². The normalized spacial score (nSPS) is 10.9. The van der Waals surface area contributed by atoms with Crippen molar-refractivity contribution in [2.24, 2.45) is 0 Å². The first kappa shape index (κ1) is 17.5. The molecule has 0 aromatic heterocycles. The van der Waals surface area contributed by atoms with Gasteiger partial charge < -0.3 is 4.74 Å². The number of hydrogen-bond acceptors (Lipinski definition) is 4. The quantitative estimate of drug-likeness (QED) is 0.516. The van der Waals surface area contributed by atoms with Crippen LogP contribution in [0.4, 0.5) is 0 Å². The zero-order chi connectivity index (χ0) is 16.2. The van der Waals surface area contributed by atoms with Gasteiger partial charge in [0.2, 0.25) is 0 Å². The highest BCUT2D eigenvalue weighted by atomic mass is 35.5. The van der Waals surface area contributed by atoms with E-state index in [1.54, 1.807) is 6.07 Å². The minimum absolute atomic E-state index is 0.0657. The number of ether oxygens (including phenoxy) is 1. The van der Waals surface area contributed by atoms with Gasteiger partial charge >= 0.3 is 5.97 Å². The topological polar surface area (TPSA) is 58.6 Å². The molecule has 5 nitrogen and oxygen atoms in total. The lowest BCUT2D eigenvalue weighted by atomic mass is 10.1. The van der Waals surface area contributed by atoms with Gasteiger partial charge in [-0.2, -0.15) is 0 Å². The van der Waals surface area contributed by atoms with Crippen LogP contribution in [0.1, 0.15) is 45.0 Å². The van der Waals surface area contributed by atoms with Crippen molar-refractivity contribution in [3.63, 3.8) is 0 Å². The molecule has 21 heavy (non-hydrogen) atoms. The van der Waals surface area contributed by atoms with Crippen molar-refractivity contribution in [2.75, 3.05) is 0 Å². The molecule has 0 aliphatic heterocycles. The second-order valence-corrected chi connectivity index (χ2v) is 5.72. The zero-order valence-corrected chi connectivity index (χ0v) is 13.7. The Kier molecular flexibility index (Phi) is 6.18. The Morgan fingerprint density at radius 3 is 2.33 bits per heavy atom. The predicted molar refractivity (Wildman–Crippen MR) is 82.3 cm³/mol. The molecule has 1 aromatic rings. The summed E-state index contributed by atoms with van der Waals surface area (Å²) in [6, 6.07) is 4.62. The average molecular weight is 313 g/mol. The van der Waals surface area contributed by atoms with Gasteiger partial charge in [-0.1, -0.05) is 11.6 Å². The fourth-order valence-corrected chi connectivity index (χ4v) is 1.94. The Hall–Kier alpha value is -1.59. The molecule has 0 aliphatic carbocycles. The summed E-state index contributed by atoms with van der Waals surface area (Å²) in [5.74, 6) is -0.579. The van der Waals surface area contributed by atoms with E-state index in [4.69, 9.17) is 16.3 Å². The number of halogens is 1. The number of carbonyl (C=O) groups is 2. The number of carbonyl (C=O) groups excluding carboxylic acids is 2. The van der Waals surface area contributed by atoms with E-state index < -0.39 is 5.97 Å². The molecule has 1 N–H and O–H groups in total. The van der Waals surface area contributed by atoms with Crippen LogP contribution < -0.4 is 10.2 Å². The summed E-state index contributed by atoms with van der Waals surface area (Å²) >= 11 is 5.96. The molecular weight excluding hydrogens is 292 g/mol. The van der Waals surface area contributed by atoms with E-state index in [1.807, 2.05) is 27.7 Å². The van der Waals surface area contributed by atoms with Gasteiger partial charge in [0, 0.05) is 24.0 Å². The maximum atomic E-state index is 12.7. The molecule has 1 amide bonds. The Morgan fingerprint density at radius 2 is 1.86 bits per heavy atom. The van der Waals surface area contributed by atoms with Crippen molar-refractivity contribution >= 4 is 23.5 Å². The van der Waals surface area contributed by atoms with Crippen molar-refractivity contribution in [3.05, 3.63) is 28.8 Å². The molecule has 0 heterocycles. The maximum absolute atomic E-state index is 12.7. The Labute approximate surface area is 130 Å². The molecule has 0 atom stereocenters. The third-order valence-electron chi connectivity index (χ3n) is 2.56. The van der Waals surface area contributed by atoms with Crippen molar-refractivity contribution < 1.29 is 14.3 Å². The molecule has 0 fully saturated rings. The van der Waals surface area contributed by atoms with Gasteiger partial charge in [0.25, 0.3) is 5.91 Å². The lowest BCUT2D eigenvalue weighted by molar-refractivity contribution is -0.131. The maximum Gasteiger partial charge on any atom is 0.308 e. The van der Waals surface area contributed by atoms with Crippen LogP contribution in [-0.4, -0.2) is 29.0 Å². The highest BCUT2D eigenvalue weighted by molar-refractivity contribution is 6.31. The molecule has 0 unspecified atom stereocenters. The van der Waals surface area contributed by atoms with Gasteiger partial charge in [-0.3, -0.25) is 14.6 Å². The molecule has 116 valence electrons. The van der Waals surface area contributed by atoms with E-state index >= 15 is 0 Å². The number of rotatable bonds is 5. The molecule has 1 rings (SSSR count). The third kappa shape index (κ3) is 5.02. The summed E-state index contributed by atoms with van der Waals surface area (Å²) in [6.07, 6.45) is 0. The van der Waals surface area contributed by atoms with E-state index in [0.717, 1.165) is 0 Å². The molecule has 0 aliphatic rings. The van der Waals surface area contributed by atoms with Crippen molar-refractivity contribution in [3.8, 4) is 5.75 Å². The van der Waals surface area contributed by atoms with Gasteiger partial charge in [0.15, 0.2) is 0 Å². The van der Waals surface area contributed by atoms with Crippen LogP contribution in [0.3, 0.4) is 0 Å². The van der Waals surface area contributed by atoms with Crippen LogP contribution in [0.15, 0.2) is 18.2 Å². The Balaban J connectivity index is 3.19. The molecule has 1 aromatic carbocycles. The Bertz CT molecular complexity index is 530. The van der Waals surface area contributed by atoms with Crippen LogP contribution in [0.25, 0.3) is 0 Å². The summed E-state index contributed by atoms with van der Waals surface area (Å²) in [6.45, 7) is 8.95. The second kappa shape index (κ2) is 7.43. The van der Waals surface area contributed by atoms with Crippen LogP contribution in [0.2, 0.25) is 5.02 Å². The van der Waals surface area contributed by atoms with E-state index in [0.29, 0.717) is 5.02 Å². The first-order valence-corrected chi connectivity index (χ1v) is 7.17. The van der Waals surface area contributed by atoms with Crippen molar-refractivity contribution in [1.29, 1.82) is 0 Å². The monoisotopic (exact) mass is 312 g/mol. The number of nitrogens with one attached hydrogen (secondary N) is 1. The highest BCUT2D eigenvalue weighted by Gasteiger charge is 2.23. The van der Waals surface area contributed by atoms with E-state index in [9.17, 15) is 9.59 Å². The molecular formula is C15H21ClN2O3. The van der Waals surface area contributed by atoms with E-state index in [-0.39, 0.29) is 29.3 Å². The first-order chi connectivity index (χ1) is 9.72. The fourth-order valence-electron chi connectivity index (χ4n) is 1.76. The van der Waals surface area contributed by atoms with E-state index in [2.05, 4.69) is 5.43 Å². The summed E-state index contributed by atoms with van der Waals surface area (Å²) in [5.41, 5.74) is 3.33. The second-order valence-electron chi connectivity index (χ2n) is 5.29. The van der Waals surface area contributed by atoms with Gasteiger partial charge in [-0.05, 0) is 45.9 Å². The molecule has 0 saturated heterocycles. The largest absolute Gasteiger partial charge is 0.426 e. The van der Waals surface area contributed by atoms with Crippen LogP contribution in [0, 0.1) is 0 Å². The number of nitrogens with zero attached hydrogens (tertiary/aromatic N) is 1. The number of amides is 1. The van der Waals surface area contributed by atoms with Gasteiger partial charge in [-0.25, -0.2) is 5.43 Å². The van der Waals surface area contributed by atoms with Crippen LogP contribution >= 0.6 is 11.6 Å². The molecule has 0 saturated carbocycles. The smallest absolute Gasteiger partial charge is 0.308 e. The van der Waals surface area contributed by atoms with Gasteiger partial charge in [0.05, 0.1) is 5.56 Å².